The molecule has 0 aliphatic heterocycles. The van der Waals surface area contributed by atoms with Crippen molar-refractivity contribution in [1.82, 2.24) is 0 Å². The van der Waals surface area contributed by atoms with Crippen LogP contribution in [0.15, 0.2) is 12.2 Å². The molecule has 0 bridgehead atoms. The van der Waals surface area contributed by atoms with Crippen LogP contribution in [-0.2, 0) is 9.53 Å². The summed E-state index contributed by atoms with van der Waals surface area (Å²) in [6.45, 7) is 5.38. The first kappa shape index (κ1) is 13.8. The summed E-state index contributed by atoms with van der Waals surface area (Å²) in [7, 11) is 0. The number of thiol groups is 1. The molecule has 2 nitrogen and oxygen atoms in total. The molecule has 4 heteroatoms. The van der Waals surface area contributed by atoms with Gasteiger partial charge in [0.25, 0.3) is 0 Å². The summed E-state index contributed by atoms with van der Waals surface area (Å²) in [6, 6.07) is 0. The van der Waals surface area contributed by atoms with Crippen LogP contribution in [0, 0.1) is 0 Å². The fraction of sp³-hybridized carbons (Fsp3) is 0.500. The van der Waals surface area contributed by atoms with E-state index in [9.17, 15) is 4.79 Å². The molecule has 0 aromatic heterocycles. The third-order valence-corrected chi connectivity index (χ3v) is 0.855. The van der Waals surface area contributed by atoms with E-state index in [0.29, 0.717) is 17.9 Å². The van der Waals surface area contributed by atoms with Gasteiger partial charge < -0.3 is 4.74 Å². The number of hydrogen-bond donors (Lipinski definition) is 1. The van der Waals surface area contributed by atoms with Crippen LogP contribution < -0.4 is 0 Å². The van der Waals surface area contributed by atoms with Gasteiger partial charge in [-0.1, -0.05) is 6.58 Å². The molecule has 0 heterocycles. The predicted octanol–water partition coefficient (Wildman–Crippen LogP) is 0.387. The fourth-order valence-electron chi connectivity index (χ4n) is 0.262. The molecule has 0 atom stereocenters. The second-order valence-corrected chi connectivity index (χ2v) is 2.09. The summed E-state index contributed by atoms with van der Waals surface area (Å²) in [6.07, 6.45) is 0. The van der Waals surface area contributed by atoms with Crippen molar-refractivity contribution in [1.29, 1.82) is 0 Å². The Labute approximate surface area is 109 Å². The minimum absolute atomic E-state index is 0. The third-order valence-electron chi connectivity index (χ3n) is 0.673. The average Bonchev–Trinajstić information content (AvgIpc) is 1.82. The Hall–Kier alpha value is 1.20. The number of esters is 1. The molecule has 0 fully saturated rings. The van der Waals surface area contributed by atoms with Gasteiger partial charge in [0, 0.05) is 11.3 Å². The quantitative estimate of drug-likeness (QED) is 0.299. The van der Waals surface area contributed by atoms with Crippen molar-refractivity contribution >= 4 is 70.0 Å². The van der Waals surface area contributed by atoms with E-state index in [1.807, 2.05) is 0 Å². The van der Waals surface area contributed by atoms with Gasteiger partial charge in [0.2, 0.25) is 0 Å². The van der Waals surface area contributed by atoms with Crippen molar-refractivity contribution < 1.29 is 9.53 Å². The molecule has 0 aliphatic rings. The Balaban J connectivity index is 0. The summed E-state index contributed by atoms with van der Waals surface area (Å²) < 4.78 is 4.64. The number of hydrogen-bond acceptors (Lipinski definition) is 3. The standard InChI is InChI=1S/C6H10O2S.K.H/c1-5(2)6(7)8-3-4-9;;/h9H,1,3-4H2,2H3;;. The van der Waals surface area contributed by atoms with E-state index in [2.05, 4.69) is 23.9 Å². The molecule has 10 heavy (non-hydrogen) atoms. The Morgan fingerprint density at radius 2 is 2.20 bits per heavy atom. The van der Waals surface area contributed by atoms with Gasteiger partial charge >= 0.3 is 57.4 Å². The Bertz CT molecular complexity index is 125. The van der Waals surface area contributed by atoms with Crippen LogP contribution in [-0.4, -0.2) is 69.7 Å². The van der Waals surface area contributed by atoms with Crippen LogP contribution >= 0.6 is 12.6 Å². The van der Waals surface area contributed by atoms with Gasteiger partial charge in [-0.25, -0.2) is 4.79 Å². The van der Waals surface area contributed by atoms with Crippen molar-refractivity contribution in [2.75, 3.05) is 12.4 Å². The monoisotopic (exact) mass is 186 g/mol. The second-order valence-electron chi connectivity index (χ2n) is 1.64. The van der Waals surface area contributed by atoms with Crippen molar-refractivity contribution in [2.45, 2.75) is 6.92 Å². The van der Waals surface area contributed by atoms with Gasteiger partial charge in [-0.15, -0.1) is 0 Å². The van der Waals surface area contributed by atoms with E-state index in [1.54, 1.807) is 6.92 Å². The van der Waals surface area contributed by atoms with Crippen LogP contribution in [0.5, 0.6) is 0 Å². The van der Waals surface area contributed by atoms with Crippen LogP contribution in [0.25, 0.3) is 0 Å². The molecule has 0 saturated carbocycles. The van der Waals surface area contributed by atoms with E-state index < -0.39 is 0 Å². The van der Waals surface area contributed by atoms with Crippen LogP contribution in [0.3, 0.4) is 0 Å². The Kier molecular flexibility index (Phi) is 11.4. The first-order valence-corrected chi connectivity index (χ1v) is 3.25. The molecule has 0 saturated heterocycles. The summed E-state index contributed by atoms with van der Waals surface area (Å²) in [5.41, 5.74) is 0.428. The maximum atomic E-state index is 10.5. The molecule has 0 amide bonds. The summed E-state index contributed by atoms with van der Waals surface area (Å²) in [5, 5.41) is 0. The van der Waals surface area contributed by atoms with E-state index >= 15 is 0 Å². The molecule has 54 valence electrons. The van der Waals surface area contributed by atoms with Gasteiger partial charge in [-0.05, 0) is 6.92 Å². The number of rotatable bonds is 3. The molecular weight excluding hydrogens is 175 g/mol. The summed E-state index contributed by atoms with van der Waals surface area (Å²) in [4.78, 5) is 10.5. The van der Waals surface area contributed by atoms with Gasteiger partial charge in [-0.2, -0.15) is 12.6 Å². The van der Waals surface area contributed by atoms with Crippen LogP contribution in [0.4, 0.5) is 0 Å². The van der Waals surface area contributed by atoms with Gasteiger partial charge in [-0.3, -0.25) is 0 Å². The summed E-state index contributed by atoms with van der Waals surface area (Å²) >= 11 is 3.86. The molecule has 0 spiro atoms. The van der Waals surface area contributed by atoms with Crippen molar-refractivity contribution in [2.24, 2.45) is 0 Å². The molecule has 0 N–H and O–H groups in total. The molecule has 0 aromatic rings. The van der Waals surface area contributed by atoms with Crippen molar-refractivity contribution in [3.05, 3.63) is 12.2 Å². The number of ether oxygens (including phenoxy) is 1. The molecule has 0 unspecified atom stereocenters. The minimum atomic E-state index is -0.343. The topological polar surface area (TPSA) is 26.3 Å². The van der Waals surface area contributed by atoms with Crippen LogP contribution in [0.2, 0.25) is 0 Å². The molecule has 0 rings (SSSR count). The van der Waals surface area contributed by atoms with Gasteiger partial charge in [0.15, 0.2) is 0 Å². The summed E-state index contributed by atoms with van der Waals surface area (Å²) in [5.74, 6) is 0.211. The van der Waals surface area contributed by atoms with Crippen molar-refractivity contribution in [3.8, 4) is 0 Å². The predicted molar refractivity (Wildman–Crippen MR) is 46.8 cm³/mol. The molecule has 0 aliphatic carbocycles. The van der Waals surface area contributed by atoms with E-state index in [1.165, 1.54) is 0 Å². The second kappa shape index (κ2) is 8.29. The zero-order chi connectivity index (χ0) is 7.28. The van der Waals surface area contributed by atoms with Crippen LogP contribution in [0.1, 0.15) is 6.92 Å². The third kappa shape index (κ3) is 7.31. The Morgan fingerprint density at radius 1 is 1.70 bits per heavy atom. The average molecular weight is 186 g/mol. The number of carbonyl (C=O) groups is 1. The first-order chi connectivity index (χ1) is 4.18. The number of carbonyl (C=O) groups excluding carboxylic acids is 1. The normalized spacial score (nSPS) is 7.80. The van der Waals surface area contributed by atoms with Gasteiger partial charge in [0.1, 0.15) is 6.61 Å². The Morgan fingerprint density at radius 3 is 2.50 bits per heavy atom. The first-order valence-electron chi connectivity index (χ1n) is 2.62. The molecule has 0 radical (unpaired) electrons. The molecular formula is C6H11KO2S. The molecule has 0 aromatic carbocycles. The zero-order valence-corrected chi connectivity index (χ0v) is 6.28. The zero-order valence-electron chi connectivity index (χ0n) is 5.39. The van der Waals surface area contributed by atoms with E-state index in [-0.39, 0.29) is 57.4 Å². The van der Waals surface area contributed by atoms with E-state index in [0.717, 1.165) is 0 Å². The SMILES string of the molecule is C=C(C)C(=O)OCCS.[KH]. The maximum absolute atomic E-state index is 10.5. The van der Waals surface area contributed by atoms with Crippen molar-refractivity contribution in [3.63, 3.8) is 0 Å². The fourth-order valence-corrected chi connectivity index (χ4v) is 0.353. The van der Waals surface area contributed by atoms with Gasteiger partial charge in [0.05, 0.1) is 0 Å². The van der Waals surface area contributed by atoms with E-state index in [4.69, 9.17) is 0 Å².